The molecule has 0 saturated heterocycles. The summed E-state index contributed by atoms with van der Waals surface area (Å²) in [4.78, 5) is 4.01. The third kappa shape index (κ3) is 3.20. The standard InChI is InChI=1S/C13H9ClN2O/c14-12-4-1-10(2-5-12)9-17-13-6-3-11(7-15)8-16-13/h1-6,8H,9H2. The molecule has 0 spiro atoms. The van der Waals surface area contributed by atoms with Crippen LogP contribution in [0.2, 0.25) is 5.02 Å². The second kappa shape index (κ2) is 5.33. The number of aromatic nitrogens is 1. The molecule has 0 bridgehead atoms. The zero-order valence-corrected chi connectivity index (χ0v) is 9.69. The summed E-state index contributed by atoms with van der Waals surface area (Å²) in [6.07, 6.45) is 1.48. The highest BCUT2D eigenvalue weighted by Crippen LogP contribution is 2.12. The third-order valence-corrected chi connectivity index (χ3v) is 2.42. The van der Waals surface area contributed by atoms with Gasteiger partial charge in [0.25, 0.3) is 0 Å². The van der Waals surface area contributed by atoms with E-state index in [-0.39, 0.29) is 0 Å². The van der Waals surface area contributed by atoms with Crippen LogP contribution < -0.4 is 4.74 Å². The van der Waals surface area contributed by atoms with Crippen LogP contribution in [0.3, 0.4) is 0 Å². The molecular weight excluding hydrogens is 236 g/mol. The molecule has 0 aliphatic rings. The Hall–Kier alpha value is -2.05. The molecule has 0 aliphatic carbocycles. The van der Waals surface area contributed by atoms with E-state index in [1.54, 1.807) is 12.1 Å². The van der Waals surface area contributed by atoms with E-state index in [0.717, 1.165) is 5.56 Å². The summed E-state index contributed by atoms with van der Waals surface area (Å²) in [5.41, 5.74) is 1.53. The lowest BCUT2D eigenvalue weighted by molar-refractivity contribution is 0.294. The highest BCUT2D eigenvalue weighted by molar-refractivity contribution is 6.30. The van der Waals surface area contributed by atoms with Crippen molar-refractivity contribution in [1.29, 1.82) is 5.26 Å². The Morgan fingerprint density at radius 1 is 1.18 bits per heavy atom. The lowest BCUT2D eigenvalue weighted by Gasteiger charge is -2.04. The largest absolute Gasteiger partial charge is 0.473 e. The molecule has 0 atom stereocenters. The normalized spacial score (nSPS) is 9.65. The van der Waals surface area contributed by atoms with E-state index in [2.05, 4.69) is 4.98 Å². The van der Waals surface area contributed by atoms with Crippen molar-refractivity contribution in [3.63, 3.8) is 0 Å². The first kappa shape index (κ1) is 11.4. The van der Waals surface area contributed by atoms with Crippen LogP contribution in [-0.2, 0) is 6.61 Å². The van der Waals surface area contributed by atoms with E-state index in [0.29, 0.717) is 23.1 Å². The first-order valence-corrected chi connectivity index (χ1v) is 5.39. The molecule has 0 radical (unpaired) electrons. The predicted molar refractivity (Wildman–Crippen MR) is 64.7 cm³/mol. The van der Waals surface area contributed by atoms with Gasteiger partial charge < -0.3 is 4.74 Å². The number of ether oxygens (including phenoxy) is 1. The average Bonchev–Trinajstić information content (AvgIpc) is 2.39. The van der Waals surface area contributed by atoms with Crippen LogP contribution in [0.25, 0.3) is 0 Å². The van der Waals surface area contributed by atoms with Gasteiger partial charge in [0.2, 0.25) is 5.88 Å². The SMILES string of the molecule is N#Cc1ccc(OCc2ccc(Cl)cc2)nc1. The number of hydrogen-bond donors (Lipinski definition) is 0. The summed E-state index contributed by atoms with van der Waals surface area (Å²) in [6, 6.07) is 12.8. The second-order valence-corrected chi connectivity index (χ2v) is 3.85. The zero-order valence-electron chi connectivity index (χ0n) is 8.93. The van der Waals surface area contributed by atoms with Gasteiger partial charge in [-0.05, 0) is 23.8 Å². The Balaban J connectivity index is 1.98. The van der Waals surface area contributed by atoms with Gasteiger partial charge in [0.05, 0.1) is 5.56 Å². The molecule has 4 heteroatoms. The van der Waals surface area contributed by atoms with Crippen molar-refractivity contribution in [3.05, 3.63) is 58.7 Å². The highest BCUT2D eigenvalue weighted by Gasteiger charge is 1.98. The summed E-state index contributed by atoms with van der Waals surface area (Å²) in [5.74, 6) is 0.499. The first-order chi connectivity index (χ1) is 8.28. The summed E-state index contributed by atoms with van der Waals surface area (Å²) in [7, 11) is 0. The maximum Gasteiger partial charge on any atom is 0.213 e. The van der Waals surface area contributed by atoms with E-state index in [1.807, 2.05) is 30.3 Å². The fourth-order valence-corrected chi connectivity index (χ4v) is 1.40. The van der Waals surface area contributed by atoms with Crippen LogP contribution in [0.15, 0.2) is 42.6 Å². The van der Waals surface area contributed by atoms with Gasteiger partial charge in [-0.2, -0.15) is 5.26 Å². The molecular formula is C13H9ClN2O. The number of halogens is 1. The van der Waals surface area contributed by atoms with Gasteiger partial charge >= 0.3 is 0 Å². The van der Waals surface area contributed by atoms with E-state index in [1.165, 1.54) is 6.20 Å². The monoisotopic (exact) mass is 244 g/mol. The quantitative estimate of drug-likeness (QED) is 0.833. The van der Waals surface area contributed by atoms with Crippen LogP contribution in [0.4, 0.5) is 0 Å². The fourth-order valence-electron chi connectivity index (χ4n) is 1.27. The number of nitrogens with zero attached hydrogens (tertiary/aromatic N) is 2. The summed E-state index contributed by atoms with van der Waals surface area (Å²) in [5, 5.41) is 9.32. The molecule has 84 valence electrons. The molecule has 2 aromatic rings. The Morgan fingerprint density at radius 3 is 2.53 bits per heavy atom. The maximum absolute atomic E-state index is 8.62. The number of rotatable bonds is 3. The van der Waals surface area contributed by atoms with Crippen molar-refractivity contribution in [2.24, 2.45) is 0 Å². The molecule has 0 unspecified atom stereocenters. The molecule has 1 heterocycles. The minimum Gasteiger partial charge on any atom is -0.473 e. The van der Waals surface area contributed by atoms with Crippen molar-refractivity contribution in [2.75, 3.05) is 0 Å². The van der Waals surface area contributed by atoms with Crippen molar-refractivity contribution in [1.82, 2.24) is 4.98 Å². The van der Waals surface area contributed by atoms with Gasteiger partial charge in [0.1, 0.15) is 12.7 Å². The number of pyridine rings is 1. The molecule has 0 aliphatic heterocycles. The first-order valence-electron chi connectivity index (χ1n) is 5.01. The van der Waals surface area contributed by atoms with Crippen LogP contribution >= 0.6 is 11.6 Å². The van der Waals surface area contributed by atoms with E-state index < -0.39 is 0 Å². The molecule has 1 aromatic carbocycles. The van der Waals surface area contributed by atoms with Crippen molar-refractivity contribution >= 4 is 11.6 Å². The second-order valence-electron chi connectivity index (χ2n) is 3.41. The highest BCUT2D eigenvalue weighted by atomic mass is 35.5. The van der Waals surface area contributed by atoms with Crippen LogP contribution in [-0.4, -0.2) is 4.98 Å². The molecule has 0 amide bonds. The molecule has 0 fully saturated rings. The maximum atomic E-state index is 8.62. The van der Waals surface area contributed by atoms with Gasteiger partial charge in [-0.25, -0.2) is 4.98 Å². The van der Waals surface area contributed by atoms with Gasteiger partial charge in [-0.1, -0.05) is 23.7 Å². The Morgan fingerprint density at radius 2 is 1.94 bits per heavy atom. The minimum absolute atomic E-state index is 0.427. The van der Waals surface area contributed by atoms with Gasteiger partial charge in [-0.3, -0.25) is 0 Å². The number of nitriles is 1. The van der Waals surface area contributed by atoms with Crippen molar-refractivity contribution in [3.8, 4) is 11.9 Å². The number of hydrogen-bond acceptors (Lipinski definition) is 3. The van der Waals surface area contributed by atoms with Gasteiger partial charge in [-0.15, -0.1) is 0 Å². The molecule has 1 aromatic heterocycles. The van der Waals surface area contributed by atoms with Crippen molar-refractivity contribution in [2.45, 2.75) is 6.61 Å². The predicted octanol–water partition coefficient (Wildman–Crippen LogP) is 3.19. The summed E-state index contributed by atoms with van der Waals surface area (Å²) in [6.45, 7) is 0.427. The zero-order chi connectivity index (χ0) is 12.1. The molecule has 17 heavy (non-hydrogen) atoms. The lowest BCUT2D eigenvalue weighted by atomic mass is 10.2. The average molecular weight is 245 g/mol. The molecule has 0 saturated carbocycles. The van der Waals surface area contributed by atoms with E-state index >= 15 is 0 Å². The lowest BCUT2D eigenvalue weighted by Crippen LogP contribution is -1.96. The van der Waals surface area contributed by atoms with Crippen LogP contribution in [0.5, 0.6) is 5.88 Å². The number of benzene rings is 1. The molecule has 3 nitrogen and oxygen atoms in total. The molecule has 2 rings (SSSR count). The van der Waals surface area contributed by atoms with Crippen LogP contribution in [0, 0.1) is 11.3 Å². The van der Waals surface area contributed by atoms with Gasteiger partial charge in [0, 0.05) is 17.3 Å². The fraction of sp³-hybridized carbons (Fsp3) is 0.0769. The Kier molecular flexibility index (Phi) is 3.59. The smallest absolute Gasteiger partial charge is 0.213 e. The minimum atomic E-state index is 0.427. The third-order valence-electron chi connectivity index (χ3n) is 2.17. The molecule has 0 N–H and O–H groups in total. The van der Waals surface area contributed by atoms with Gasteiger partial charge in [0.15, 0.2) is 0 Å². The Bertz CT molecular complexity index is 529. The Labute approximate surface area is 104 Å². The topological polar surface area (TPSA) is 45.9 Å². The van der Waals surface area contributed by atoms with E-state index in [4.69, 9.17) is 21.6 Å². The van der Waals surface area contributed by atoms with Crippen LogP contribution in [0.1, 0.15) is 11.1 Å². The summed E-state index contributed by atoms with van der Waals surface area (Å²) >= 11 is 5.78. The summed E-state index contributed by atoms with van der Waals surface area (Å²) < 4.78 is 5.47. The van der Waals surface area contributed by atoms with Crippen molar-refractivity contribution < 1.29 is 4.74 Å². The van der Waals surface area contributed by atoms with E-state index in [9.17, 15) is 0 Å².